The summed E-state index contributed by atoms with van der Waals surface area (Å²) < 4.78 is 31.4. The van der Waals surface area contributed by atoms with E-state index in [1.807, 2.05) is 0 Å². The van der Waals surface area contributed by atoms with Crippen molar-refractivity contribution in [2.75, 3.05) is 66.1 Å². The molecule has 9 heteroatoms. The Kier molecular flexibility index (Phi) is 9.59. The molecule has 1 aromatic heterocycles. The summed E-state index contributed by atoms with van der Waals surface area (Å²) in [6.07, 6.45) is 0. The van der Waals surface area contributed by atoms with Crippen LogP contribution in [0.25, 0.3) is 0 Å². The molecule has 0 aliphatic carbocycles. The fourth-order valence-corrected chi connectivity index (χ4v) is 1.96. The highest BCUT2D eigenvalue weighted by Crippen LogP contribution is 2.04. The highest BCUT2D eigenvalue weighted by molar-refractivity contribution is 5.91. The molecule has 1 aliphatic heterocycles. The van der Waals surface area contributed by atoms with Crippen molar-refractivity contribution < 1.29 is 38.0 Å². The van der Waals surface area contributed by atoms with Gasteiger partial charge < -0.3 is 28.4 Å². The molecule has 0 unspecified atom stereocenters. The summed E-state index contributed by atoms with van der Waals surface area (Å²) in [5.41, 5.74) is 0.0594. The van der Waals surface area contributed by atoms with Crippen molar-refractivity contribution in [1.29, 1.82) is 0 Å². The number of aromatic nitrogens is 1. The second-order valence-electron chi connectivity index (χ2n) is 5.13. The molecule has 0 amide bonds. The molecule has 2 heterocycles. The van der Waals surface area contributed by atoms with Crippen molar-refractivity contribution in [2.45, 2.75) is 0 Å². The van der Waals surface area contributed by atoms with Gasteiger partial charge in [-0.3, -0.25) is 0 Å². The summed E-state index contributed by atoms with van der Waals surface area (Å²) in [6.45, 7) is 3.18. The molecule has 26 heavy (non-hydrogen) atoms. The number of hydrogen-bond donors (Lipinski definition) is 0. The normalized spacial score (nSPS) is 19.7. The van der Waals surface area contributed by atoms with E-state index in [4.69, 9.17) is 28.4 Å². The lowest BCUT2D eigenvalue weighted by atomic mass is 10.3. The molecule has 1 aromatic rings. The van der Waals surface area contributed by atoms with Gasteiger partial charge in [-0.1, -0.05) is 6.07 Å². The standard InChI is InChI=1S/C17H23NO8/c19-16-14-2-1-3-15(18-14)17(20)26-13-11-24-9-7-22-5-4-21-6-8-23-10-12-25-16/h1-3H,4-13H2. The summed E-state index contributed by atoms with van der Waals surface area (Å²) in [6, 6.07) is 4.47. The minimum Gasteiger partial charge on any atom is -0.459 e. The average molecular weight is 369 g/mol. The highest BCUT2D eigenvalue weighted by atomic mass is 16.6. The zero-order chi connectivity index (χ0) is 18.5. The maximum absolute atomic E-state index is 11.9. The zero-order valence-corrected chi connectivity index (χ0v) is 14.5. The predicted molar refractivity (Wildman–Crippen MR) is 88.1 cm³/mol. The maximum atomic E-state index is 11.9. The van der Waals surface area contributed by atoms with Gasteiger partial charge in [0, 0.05) is 0 Å². The van der Waals surface area contributed by atoms with Crippen LogP contribution in [0.3, 0.4) is 0 Å². The van der Waals surface area contributed by atoms with Gasteiger partial charge in [0.25, 0.3) is 0 Å². The van der Waals surface area contributed by atoms with Gasteiger partial charge in [-0.05, 0) is 12.1 Å². The summed E-state index contributed by atoms with van der Waals surface area (Å²) in [5, 5.41) is 0. The molecular weight excluding hydrogens is 346 g/mol. The van der Waals surface area contributed by atoms with Gasteiger partial charge in [0.1, 0.15) is 24.6 Å². The Morgan fingerprint density at radius 3 is 1.31 bits per heavy atom. The van der Waals surface area contributed by atoms with Gasteiger partial charge in [-0.2, -0.15) is 0 Å². The second-order valence-corrected chi connectivity index (χ2v) is 5.13. The second kappa shape index (κ2) is 12.3. The monoisotopic (exact) mass is 369 g/mol. The minimum absolute atomic E-state index is 0.0297. The SMILES string of the molecule is O=C1OCCOCCOCCOCCOCCOC(=O)c2cccc1n2. The first-order valence-corrected chi connectivity index (χ1v) is 8.39. The summed E-state index contributed by atoms with van der Waals surface area (Å²) in [4.78, 5) is 27.9. The third kappa shape index (κ3) is 7.87. The molecule has 2 bridgehead atoms. The van der Waals surface area contributed by atoms with E-state index in [9.17, 15) is 9.59 Å². The molecule has 0 fully saturated rings. The van der Waals surface area contributed by atoms with Crippen molar-refractivity contribution in [3.8, 4) is 0 Å². The lowest BCUT2D eigenvalue weighted by Crippen LogP contribution is -2.16. The topological polar surface area (TPSA) is 102 Å². The van der Waals surface area contributed by atoms with E-state index in [0.29, 0.717) is 39.6 Å². The molecule has 0 saturated carbocycles. The number of cyclic esters (lactones) is 2. The molecule has 144 valence electrons. The molecule has 0 N–H and O–H groups in total. The van der Waals surface area contributed by atoms with Crippen LogP contribution in [0.4, 0.5) is 0 Å². The van der Waals surface area contributed by atoms with Crippen LogP contribution in [-0.2, 0) is 28.4 Å². The van der Waals surface area contributed by atoms with Gasteiger partial charge in [0.2, 0.25) is 0 Å². The molecular formula is C17H23NO8. The molecule has 1 aliphatic rings. The Bertz CT molecular complexity index is 520. The van der Waals surface area contributed by atoms with Crippen LogP contribution in [-0.4, -0.2) is 83.0 Å². The largest absolute Gasteiger partial charge is 0.459 e. The first kappa shape index (κ1) is 20.2. The molecule has 9 nitrogen and oxygen atoms in total. The molecule has 0 radical (unpaired) electrons. The molecule has 0 atom stereocenters. The van der Waals surface area contributed by atoms with E-state index in [-0.39, 0.29) is 37.8 Å². The number of ether oxygens (including phenoxy) is 6. The Morgan fingerprint density at radius 1 is 0.577 bits per heavy atom. The Balaban J connectivity index is 1.87. The van der Waals surface area contributed by atoms with Crippen LogP contribution in [0.5, 0.6) is 0 Å². The average Bonchev–Trinajstić information content (AvgIpc) is 2.66. The first-order valence-electron chi connectivity index (χ1n) is 8.39. The molecule has 0 spiro atoms. The third-order valence-corrected chi connectivity index (χ3v) is 3.21. The van der Waals surface area contributed by atoms with Crippen LogP contribution in [0.2, 0.25) is 0 Å². The first-order chi connectivity index (χ1) is 12.8. The number of pyridine rings is 1. The number of rotatable bonds is 0. The summed E-state index contributed by atoms with van der Waals surface area (Å²) in [7, 11) is 0. The van der Waals surface area contributed by atoms with Crippen LogP contribution < -0.4 is 0 Å². The van der Waals surface area contributed by atoms with Gasteiger partial charge >= 0.3 is 11.9 Å². The van der Waals surface area contributed by atoms with E-state index in [2.05, 4.69) is 4.98 Å². The van der Waals surface area contributed by atoms with E-state index in [1.54, 1.807) is 0 Å². The van der Waals surface area contributed by atoms with E-state index in [1.165, 1.54) is 18.2 Å². The number of nitrogens with zero attached hydrogens (tertiary/aromatic N) is 1. The van der Waals surface area contributed by atoms with Crippen LogP contribution in [0.15, 0.2) is 18.2 Å². The van der Waals surface area contributed by atoms with Gasteiger partial charge in [0.15, 0.2) is 0 Å². The number of esters is 2. The predicted octanol–water partition coefficient (Wildman–Crippen LogP) is 0.475. The van der Waals surface area contributed by atoms with Crippen molar-refractivity contribution in [3.63, 3.8) is 0 Å². The Morgan fingerprint density at radius 2 is 0.923 bits per heavy atom. The maximum Gasteiger partial charge on any atom is 0.357 e. The third-order valence-electron chi connectivity index (χ3n) is 3.21. The fourth-order valence-electron chi connectivity index (χ4n) is 1.96. The van der Waals surface area contributed by atoms with Crippen molar-refractivity contribution in [3.05, 3.63) is 29.6 Å². The number of carbonyl (C=O) groups is 2. The van der Waals surface area contributed by atoms with E-state index in [0.717, 1.165) is 0 Å². The van der Waals surface area contributed by atoms with Crippen molar-refractivity contribution in [1.82, 2.24) is 4.98 Å². The zero-order valence-electron chi connectivity index (χ0n) is 14.5. The minimum atomic E-state index is -0.633. The number of carbonyl (C=O) groups excluding carboxylic acids is 2. The van der Waals surface area contributed by atoms with Gasteiger partial charge in [-0.15, -0.1) is 0 Å². The van der Waals surface area contributed by atoms with Gasteiger partial charge in [-0.25, -0.2) is 14.6 Å². The summed E-state index contributed by atoms with van der Waals surface area (Å²) in [5.74, 6) is -1.27. The van der Waals surface area contributed by atoms with Crippen LogP contribution >= 0.6 is 0 Å². The molecule has 2 rings (SSSR count). The molecule has 0 saturated heterocycles. The fraction of sp³-hybridized carbons (Fsp3) is 0.588. The lowest BCUT2D eigenvalue weighted by molar-refractivity contribution is -0.0134. The Hall–Kier alpha value is -2.07. The highest BCUT2D eigenvalue weighted by Gasteiger charge is 2.14. The number of hydrogen-bond acceptors (Lipinski definition) is 9. The quantitative estimate of drug-likeness (QED) is 0.604. The number of fused-ring (bicyclic) bond motifs is 2. The lowest BCUT2D eigenvalue weighted by Gasteiger charge is -2.07. The van der Waals surface area contributed by atoms with Crippen LogP contribution in [0.1, 0.15) is 21.0 Å². The van der Waals surface area contributed by atoms with Crippen LogP contribution in [0, 0.1) is 0 Å². The van der Waals surface area contributed by atoms with E-state index < -0.39 is 11.9 Å². The van der Waals surface area contributed by atoms with Gasteiger partial charge in [0.05, 0.1) is 52.9 Å². The smallest absolute Gasteiger partial charge is 0.357 e. The van der Waals surface area contributed by atoms with Crippen molar-refractivity contribution in [2.24, 2.45) is 0 Å². The summed E-state index contributed by atoms with van der Waals surface area (Å²) >= 11 is 0. The van der Waals surface area contributed by atoms with Crippen molar-refractivity contribution >= 4 is 11.9 Å². The van der Waals surface area contributed by atoms with E-state index >= 15 is 0 Å². The Labute approximate surface area is 151 Å². The molecule has 0 aromatic carbocycles.